The number of hydrogen-bond acceptors (Lipinski definition) is 4. The number of ether oxygens (including phenoxy) is 1. The molecule has 0 aromatic carbocycles. The van der Waals surface area contributed by atoms with Gasteiger partial charge in [0, 0.05) is 12.4 Å². The maximum Gasteiger partial charge on any atom is 0.225 e. The maximum absolute atomic E-state index is 5.97. The van der Waals surface area contributed by atoms with Crippen LogP contribution in [-0.2, 0) is 13.5 Å². The van der Waals surface area contributed by atoms with Gasteiger partial charge in [-0.3, -0.25) is 0 Å². The molecule has 0 bridgehead atoms. The van der Waals surface area contributed by atoms with E-state index in [1.807, 2.05) is 13.1 Å². The van der Waals surface area contributed by atoms with Crippen molar-refractivity contribution in [3.63, 3.8) is 0 Å². The number of aromatic nitrogens is 4. The fraction of sp³-hybridized carbons (Fsp3) is 0.267. The van der Waals surface area contributed by atoms with E-state index in [-0.39, 0.29) is 0 Å². The van der Waals surface area contributed by atoms with Gasteiger partial charge in [0.15, 0.2) is 0 Å². The monoisotopic (exact) mass is 302 g/mol. The van der Waals surface area contributed by atoms with Gasteiger partial charge in [-0.25, -0.2) is 15.0 Å². The van der Waals surface area contributed by atoms with Crippen LogP contribution in [0.15, 0.2) is 24.7 Å². The van der Waals surface area contributed by atoms with Crippen LogP contribution >= 0.6 is 11.6 Å². The zero-order valence-electron chi connectivity index (χ0n) is 12.1. The molecule has 0 aliphatic heterocycles. The predicted octanol–water partition coefficient (Wildman–Crippen LogP) is 3.25. The van der Waals surface area contributed by atoms with E-state index in [9.17, 15) is 0 Å². The number of nitrogens with zero attached hydrogens (tertiary/aromatic N) is 4. The average molecular weight is 303 g/mol. The van der Waals surface area contributed by atoms with E-state index in [0.717, 1.165) is 34.3 Å². The number of aryl methyl sites for hydroxylation is 2. The number of halogens is 1. The lowest BCUT2D eigenvalue weighted by molar-refractivity contribution is 0.397. The molecule has 3 aromatic heterocycles. The van der Waals surface area contributed by atoms with Gasteiger partial charge < -0.3 is 9.30 Å². The Labute approximate surface area is 127 Å². The van der Waals surface area contributed by atoms with Crippen molar-refractivity contribution in [2.75, 3.05) is 7.11 Å². The lowest BCUT2D eigenvalue weighted by atomic mass is 10.1. The van der Waals surface area contributed by atoms with Crippen LogP contribution in [0.3, 0.4) is 0 Å². The van der Waals surface area contributed by atoms with E-state index in [1.54, 1.807) is 13.3 Å². The van der Waals surface area contributed by atoms with E-state index in [4.69, 9.17) is 16.3 Å². The Balaban J connectivity index is 2.32. The summed E-state index contributed by atoms with van der Waals surface area (Å²) in [5, 5.41) is 1.51. The molecule has 0 aliphatic rings. The first kappa shape index (κ1) is 13.8. The number of rotatable bonds is 3. The number of methoxy groups -OCH3 is 1. The molecule has 0 saturated carbocycles. The first-order valence-electron chi connectivity index (χ1n) is 6.65. The van der Waals surface area contributed by atoms with Crippen molar-refractivity contribution >= 4 is 22.5 Å². The highest BCUT2D eigenvalue weighted by molar-refractivity contribution is 6.30. The summed E-state index contributed by atoms with van der Waals surface area (Å²) in [7, 11) is 3.60. The smallest absolute Gasteiger partial charge is 0.225 e. The standard InChI is InChI=1S/C15H15ClN4O/c1-4-10-14(15(21-3)19-8-18-10)11-5-9-6-13(16)17-7-12(9)20(11)2/h5-8H,4H2,1-3H3. The van der Waals surface area contributed by atoms with Gasteiger partial charge in [0.25, 0.3) is 0 Å². The van der Waals surface area contributed by atoms with Crippen molar-refractivity contribution in [1.82, 2.24) is 19.5 Å². The van der Waals surface area contributed by atoms with Crippen LogP contribution in [-0.4, -0.2) is 26.6 Å². The van der Waals surface area contributed by atoms with Crippen LogP contribution in [0.2, 0.25) is 5.15 Å². The van der Waals surface area contributed by atoms with Crippen LogP contribution in [0.1, 0.15) is 12.6 Å². The molecular weight excluding hydrogens is 288 g/mol. The van der Waals surface area contributed by atoms with E-state index in [0.29, 0.717) is 11.0 Å². The number of hydrogen-bond donors (Lipinski definition) is 0. The SMILES string of the molecule is CCc1ncnc(OC)c1-c1cc2cc(Cl)ncc2n1C. The second kappa shape index (κ2) is 5.33. The van der Waals surface area contributed by atoms with Crippen molar-refractivity contribution in [2.45, 2.75) is 13.3 Å². The van der Waals surface area contributed by atoms with E-state index >= 15 is 0 Å². The first-order valence-corrected chi connectivity index (χ1v) is 7.02. The summed E-state index contributed by atoms with van der Waals surface area (Å²) in [4.78, 5) is 12.7. The Hall–Kier alpha value is -2.14. The molecule has 0 aliphatic carbocycles. The number of pyridine rings is 1. The largest absolute Gasteiger partial charge is 0.480 e. The summed E-state index contributed by atoms with van der Waals surface area (Å²) >= 11 is 5.97. The molecule has 0 radical (unpaired) electrons. The van der Waals surface area contributed by atoms with Crippen LogP contribution in [0, 0.1) is 0 Å². The Bertz CT molecular complexity index is 791. The molecule has 0 atom stereocenters. The molecular formula is C15H15ClN4O. The van der Waals surface area contributed by atoms with Crippen LogP contribution in [0.4, 0.5) is 0 Å². The Morgan fingerprint density at radius 2 is 2.05 bits per heavy atom. The molecule has 3 rings (SSSR count). The van der Waals surface area contributed by atoms with Gasteiger partial charge in [-0.2, -0.15) is 0 Å². The van der Waals surface area contributed by atoms with Gasteiger partial charge in [0.1, 0.15) is 11.5 Å². The number of fused-ring (bicyclic) bond motifs is 1. The fourth-order valence-corrected chi connectivity index (χ4v) is 2.70. The molecule has 3 heterocycles. The van der Waals surface area contributed by atoms with E-state index in [2.05, 4.69) is 32.5 Å². The zero-order chi connectivity index (χ0) is 15.0. The van der Waals surface area contributed by atoms with Gasteiger partial charge in [0.05, 0.1) is 35.8 Å². The zero-order valence-corrected chi connectivity index (χ0v) is 12.8. The summed E-state index contributed by atoms with van der Waals surface area (Å²) in [6.45, 7) is 2.06. The second-order valence-electron chi connectivity index (χ2n) is 4.71. The third-order valence-electron chi connectivity index (χ3n) is 3.57. The van der Waals surface area contributed by atoms with Gasteiger partial charge in [-0.05, 0) is 18.6 Å². The highest BCUT2D eigenvalue weighted by Crippen LogP contribution is 2.34. The maximum atomic E-state index is 5.97. The normalized spacial score (nSPS) is 11.0. The fourth-order valence-electron chi connectivity index (χ4n) is 2.53. The molecule has 5 nitrogen and oxygen atoms in total. The Morgan fingerprint density at radius 1 is 1.24 bits per heavy atom. The van der Waals surface area contributed by atoms with Crippen LogP contribution in [0.5, 0.6) is 5.88 Å². The minimum Gasteiger partial charge on any atom is -0.480 e. The summed E-state index contributed by atoms with van der Waals surface area (Å²) in [5.41, 5.74) is 3.86. The summed E-state index contributed by atoms with van der Waals surface area (Å²) < 4.78 is 7.47. The van der Waals surface area contributed by atoms with Gasteiger partial charge in [0.2, 0.25) is 5.88 Å². The molecule has 108 valence electrons. The van der Waals surface area contributed by atoms with Crippen LogP contribution in [0.25, 0.3) is 22.2 Å². The molecule has 0 saturated heterocycles. The Morgan fingerprint density at radius 3 is 2.76 bits per heavy atom. The molecule has 0 spiro atoms. The minimum atomic E-state index is 0.478. The van der Waals surface area contributed by atoms with E-state index in [1.165, 1.54) is 6.33 Å². The van der Waals surface area contributed by atoms with Crippen molar-refractivity contribution in [3.05, 3.63) is 35.5 Å². The molecule has 6 heteroatoms. The van der Waals surface area contributed by atoms with E-state index < -0.39 is 0 Å². The second-order valence-corrected chi connectivity index (χ2v) is 5.10. The average Bonchev–Trinajstić information content (AvgIpc) is 2.82. The van der Waals surface area contributed by atoms with Crippen molar-refractivity contribution in [1.29, 1.82) is 0 Å². The summed E-state index contributed by atoms with van der Waals surface area (Å²) in [5.74, 6) is 0.576. The highest BCUT2D eigenvalue weighted by atomic mass is 35.5. The van der Waals surface area contributed by atoms with Crippen molar-refractivity contribution in [2.24, 2.45) is 7.05 Å². The summed E-state index contributed by atoms with van der Waals surface area (Å²) in [6, 6.07) is 3.91. The van der Waals surface area contributed by atoms with Crippen molar-refractivity contribution in [3.8, 4) is 17.1 Å². The van der Waals surface area contributed by atoms with Gasteiger partial charge in [-0.1, -0.05) is 18.5 Å². The molecule has 0 unspecified atom stereocenters. The molecule has 0 amide bonds. The molecule has 0 fully saturated rings. The first-order chi connectivity index (χ1) is 10.2. The third kappa shape index (κ3) is 2.23. The van der Waals surface area contributed by atoms with Crippen molar-refractivity contribution < 1.29 is 4.74 Å². The quantitative estimate of drug-likeness (QED) is 0.697. The minimum absolute atomic E-state index is 0.478. The molecule has 21 heavy (non-hydrogen) atoms. The third-order valence-corrected chi connectivity index (χ3v) is 3.78. The van der Waals surface area contributed by atoms with Gasteiger partial charge >= 0.3 is 0 Å². The lowest BCUT2D eigenvalue weighted by Crippen LogP contribution is -2.02. The lowest BCUT2D eigenvalue weighted by Gasteiger charge is -2.11. The van der Waals surface area contributed by atoms with Gasteiger partial charge in [-0.15, -0.1) is 0 Å². The Kier molecular flexibility index (Phi) is 3.51. The predicted molar refractivity (Wildman–Crippen MR) is 82.7 cm³/mol. The topological polar surface area (TPSA) is 52.8 Å². The highest BCUT2D eigenvalue weighted by Gasteiger charge is 2.18. The van der Waals surface area contributed by atoms with Crippen LogP contribution < -0.4 is 4.74 Å². The molecule has 3 aromatic rings. The molecule has 0 N–H and O–H groups in total. The summed E-state index contributed by atoms with van der Waals surface area (Å²) in [6.07, 6.45) is 4.10.